The lowest BCUT2D eigenvalue weighted by Crippen LogP contribution is -2.54. The summed E-state index contributed by atoms with van der Waals surface area (Å²) in [5, 5.41) is 3.05. The maximum absolute atomic E-state index is 12.3. The van der Waals surface area contributed by atoms with E-state index in [1.165, 1.54) is 5.56 Å². The van der Waals surface area contributed by atoms with Crippen LogP contribution in [0, 0.1) is 5.92 Å². The average Bonchev–Trinajstić information content (AvgIpc) is 2.44. The Labute approximate surface area is 145 Å². The zero-order valence-electron chi connectivity index (χ0n) is 14.0. The largest absolute Gasteiger partial charge is 0.349 e. The van der Waals surface area contributed by atoms with Crippen molar-refractivity contribution in [1.82, 2.24) is 5.32 Å². The monoisotopic (exact) mass is 344 g/mol. The van der Waals surface area contributed by atoms with Gasteiger partial charge in [-0.2, -0.15) is 0 Å². The zero-order chi connectivity index (χ0) is 15.9. The number of carbonyl (C=O) groups excluding carboxylic acids is 1. The number of benzene rings is 1. The second-order valence-electron chi connectivity index (χ2n) is 6.29. The summed E-state index contributed by atoms with van der Waals surface area (Å²) in [6.07, 6.45) is 0.894. The number of halogens is 1. The number of rotatable bonds is 8. The van der Waals surface area contributed by atoms with Crippen LogP contribution in [0.5, 0.6) is 0 Å². The topological polar surface area (TPSA) is 55.1 Å². The van der Waals surface area contributed by atoms with E-state index in [1.807, 2.05) is 32.0 Å². The molecule has 1 aromatic rings. The van der Waals surface area contributed by atoms with Gasteiger partial charge in [-0.15, -0.1) is 24.2 Å². The van der Waals surface area contributed by atoms with Gasteiger partial charge in [0.05, 0.1) is 5.25 Å². The predicted molar refractivity (Wildman–Crippen MR) is 99.5 cm³/mol. The molecule has 0 bridgehead atoms. The molecule has 3 nitrogen and oxygen atoms in total. The highest BCUT2D eigenvalue weighted by molar-refractivity contribution is 7.99. The average molecular weight is 345 g/mol. The normalized spacial score (nSPS) is 14.8. The third kappa shape index (κ3) is 7.52. The Morgan fingerprint density at radius 3 is 2.36 bits per heavy atom. The smallest absolute Gasteiger partial charge is 0.233 e. The Morgan fingerprint density at radius 1 is 1.27 bits per heavy atom. The minimum Gasteiger partial charge on any atom is -0.349 e. The van der Waals surface area contributed by atoms with Gasteiger partial charge in [-0.25, -0.2) is 0 Å². The van der Waals surface area contributed by atoms with Crippen molar-refractivity contribution >= 4 is 30.1 Å². The number of thioether (sulfide) groups is 1. The van der Waals surface area contributed by atoms with Gasteiger partial charge in [0.2, 0.25) is 5.91 Å². The Balaban J connectivity index is 0.00000441. The summed E-state index contributed by atoms with van der Waals surface area (Å²) < 4.78 is 0. The molecule has 126 valence electrons. The van der Waals surface area contributed by atoms with E-state index in [-0.39, 0.29) is 29.1 Å². The van der Waals surface area contributed by atoms with E-state index in [2.05, 4.69) is 31.3 Å². The molecule has 0 aliphatic carbocycles. The predicted octanol–water partition coefficient (Wildman–Crippen LogP) is 3.61. The van der Waals surface area contributed by atoms with Crippen LogP contribution in [0.1, 0.15) is 39.7 Å². The van der Waals surface area contributed by atoms with Crippen molar-refractivity contribution in [3.8, 4) is 0 Å². The number of hydrogen-bond donors (Lipinski definition) is 2. The van der Waals surface area contributed by atoms with E-state index in [0.29, 0.717) is 12.5 Å². The summed E-state index contributed by atoms with van der Waals surface area (Å²) in [5.41, 5.74) is 6.78. The van der Waals surface area contributed by atoms with Crippen LogP contribution >= 0.6 is 24.2 Å². The number of carbonyl (C=O) groups is 1. The van der Waals surface area contributed by atoms with E-state index in [4.69, 9.17) is 5.73 Å². The Kier molecular flexibility index (Phi) is 9.81. The maximum Gasteiger partial charge on any atom is 0.233 e. The van der Waals surface area contributed by atoms with Gasteiger partial charge < -0.3 is 11.1 Å². The molecule has 1 rings (SSSR count). The molecule has 0 aromatic heterocycles. The first-order chi connectivity index (χ1) is 9.86. The molecule has 1 amide bonds. The first kappa shape index (κ1) is 21.3. The minimum absolute atomic E-state index is 0. The van der Waals surface area contributed by atoms with Crippen molar-refractivity contribution in [2.24, 2.45) is 11.7 Å². The molecule has 2 unspecified atom stereocenters. The van der Waals surface area contributed by atoms with Crippen LogP contribution in [0.25, 0.3) is 0 Å². The molecule has 0 heterocycles. The first-order valence-corrected chi connectivity index (χ1v) is 8.59. The fourth-order valence-corrected chi connectivity index (χ4v) is 3.20. The van der Waals surface area contributed by atoms with E-state index in [1.54, 1.807) is 11.8 Å². The van der Waals surface area contributed by atoms with E-state index >= 15 is 0 Å². The van der Waals surface area contributed by atoms with Crippen molar-refractivity contribution in [2.45, 2.75) is 50.7 Å². The molecule has 5 heteroatoms. The zero-order valence-corrected chi connectivity index (χ0v) is 15.6. The van der Waals surface area contributed by atoms with Gasteiger partial charge in [-0.1, -0.05) is 44.2 Å². The molecule has 0 aliphatic heterocycles. The number of nitrogens with two attached hydrogens (primary N) is 1. The second-order valence-corrected chi connectivity index (χ2v) is 7.62. The van der Waals surface area contributed by atoms with E-state index in [9.17, 15) is 4.79 Å². The molecule has 22 heavy (non-hydrogen) atoms. The first-order valence-electron chi connectivity index (χ1n) is 7.54. The summed E-state index contributed by atoms with van der Waals surface area (Å²) in [6, 6.07) is 10.2. The number of nitrogens with one attached hydrogen (secondary N) is 1. The quantitative estimate of drug-likeness (QED) is 0.757. The highest BCUT2D eigenvalue weighted by atomic mass is 35.5. The van der Waals surface area contributed by atoms with Crippen molar-refractivity contribution in [3.05, 3.63) is 35.9 Å². The number of amides is 1. The molecular formula is C17H29ClN2OS. The summed E-state index contributed by atoms with van der Waals surface area (Å²) in [4.78, 5) is 12.3. The van der Waals surface area contributed by atoms with Gasteiger partial charge in [-0.05, 0) is 31.7 Å². The molecule has 0 fully saturated rings. The van der Waals surface area contributed by atoms with Gasteiger partial charge in [0.25, 0.3) is 0 Å². The third-order valence-corrected chi connectivity index (χ3v) is 4.66. The molecule has 0 radical (unpaired) electrons. The van der Waals surface area contributed by atoms with Gasteiger partial charge in [0.15, 0.2) is 0 Å². The van der Waals surface area contributed by atoms with Crippen LogP contribution in [0.2, 0.25) is 0 Å². The van der Waals surface area contributed by atoms with Crippen LogP contribution in [-0.4, -0.2) is 23.2 Å². The highest BCUT2D eigenvalue weighted by Gasteiger charge is 2.27. The molecule has 0 spiro atoms. The van der Waals surface area contributed by atoms with Gasteiger partial charge in [0.1, 0.15) is 0 Å². The molecule has 0 aliphatic rings. The van der Waals surface area contributed by atoms with Crippen LogP contribution in [0.3, 0.4) is 0 Å². The van der Waals surface area contributed by atoms with E-state index in [0.717, 1.165) is 12.2 Å². The van der Waals surface area contributed by atoms with Crippen LogP contribution in [-0.2, 0) is 10.5 Å². The maximum atomic E-state index is 12.3. The Hall–Kier alpha value is -0.710. The summed E-state index contributed by atoms with van der Waals surface area (Å²) >= 11 is 1.65. The fraction of sp³-hybridized carbons (Fsp3) is 0.588. The molecule has 2 atom stereocenters. The molecule has 0 saturated heterocycles. The van der Waals surface area contributed by atoms with Crippen molar-refractivity contribution in [3.63, 3.8) is 0 Å². The molecular weight excluding hydrogens is 316 g/mol. The summed E-state index contributed by atoms with van der Waals surface area (Å²) in [6.45, 7) is 8.74. The van der Waals surface area contributed by atoms with E-state index < -0.39 is 0 Å². The Bertz CT molecular complexity index is 442. The Morgan fingerprint density at radius 2 is 1.86 bits per heavy atom. The van der Waals surface area contributed by atoms with Crippen molar-refractivity contribution < 1.29 is 4.79 Å². The van der Waals surface area contributed by atoms with Crippen LogP contribution < -0.4 is 11.1 Å². The highest BCUT2D eigenvalue weighted by Crippen LogP contribution is 2.20. The SMILES string of the molecule is CC(C)CC(C)(CN)NC(=O)C(C)SCc1ccccc1.Cl. The van der Waals surface area contributed by atoms with Crippen molar-refractivity contribution in [2.75, 3.05) is 6.54 Å². The van der Waals surface area contributed by atoms with Crippen LogP contribution in [0.4, 0.5) is 0 Å². The third-order valence-electron chi connectivity index (χ3n) is 3.45. The van der Waals surface area contributed by atoms with Crippen LogP contribution in [0.15, 0.2) is 30.3 Å². The molecule has 0 saturated carbocycles. The molecule has 3 N–H and O–H groups in total. The van der Waals surface area contributed by atoms with Gasteiger partial charge in [-0.3, -0.25) is 4.79 Å². The van der Waals surface area contributed by atoms with Gasteiger partial charge >= 0.3 is 0 Å². The minimum atomic E-state index is -0.313. The second kappa shape index (κ2) is 10.1. The summed E-state index contributed by atoms with van der Waals surface area (Å²) in [5.74, 6) is 1.43. The lowest BCUT2D eigenvalue weighted by atomic mass is 9.90. The lowest BCUT2D eigenvalue weighted by Gasteiger charge is -2.32. The summed E-state index contributed by atoms with van der Waals surface area (Å²) in [7, 11) is 0. The van der Waals surface area contributed by atoms with Crippen molar-refractivity contribution in [1.29, 1.82) is 0 Å². The van der Waals surface area contributed by atoms with Gasteiger partial charge in [0, 0.05) is 17.8 Å². The standard InChI is InChI=1S/C17H28N2OS.ClH/c1-13(2)10-17(4,12-18)19-16(20)14(3)21-11-15-8-6-5-7-9-15;/h5-9,13-14H,10-12,18H2,1-4H3,(H,19,20);1H. The fourth-order valence-electron chi connectivity index (χ4n) is 2.36. The lowest BCUT2D eigenvalue weighted by molar-refractivity contribution is -0.122. The molecule has 1 aromatic carbocycles. The number of hydrogen-bond acceptors (Lipinski definition) is 3.